The summed E-state index contributed by atoms with van der Waals surface area (Å²) in [4.78, 5) is 2.37. The number of anilines is 1. The molecule has 0 fully saturated rings. The Labute approximate surface area is 188 Å². The van der Waals surface area contributed by atoms with Crippen LogP contribution in [-0.2, 0) is 10.0 Å². The van der Waals surface area contributed by atoms with Crippen LogP contribution in [0, 0.1) is 6.92 Å². The summed E-state index contributed by atoms with van der Waals surface area (Å²) in [5, 5.41) is 2.19. The van der Waals surface area contributed by atoms with E-state index in [4.69, 9.17) is 0 Å². The first-order chi connectivity index (χ1) is 14.9. The molecule has 1 unspecified atom stereocenters. The molecule has 4 aromatic rings. The molecule has 0 aliphatic rings. The quantitative estimate of drug-likeness (QED) is 0.417. The molecule has 0 heterocycles. The monoisotopic (exact) mass is 497 g/mol. The molecule has 0 aliphatic carbocycles. The van der Waals surface area contributed by atoms with E-state index in [1.165, 1.54) is 0 Å². The van der Waals surface area contributed by atoms with Crippen molar-refractivity contribution in [1.29, 1.82) is 0 Å². The van der Waals surface area contributed by atoms with Crippen LogP contribution in [-0.4, -0.2) is 36.6 Å². The molecule has 4 aromatic carbocycles. The molecule has 1 N–H and O–H groups in total. The Bertz CT molecular complexity index is 1300. The zero-order chi connectivity index (χ0) is 22.0. The Morgan fingerprint density at radius 3 is 2.06 bits per heavy atom. The Morgan fingerprint density at radius 1 is 0.774 bits per heavy atom. The number of benzene rings is 4. The van der Waals surface area contributed by atoms with E-state index in [9.17, 15) is 8.42 Å². The maximum atomic E-state index is 13.4. The minimum absolute atomic E-state index is 0.288. The van der Waals surface area contributed by atoms with E-state index in [1.807, 2.05) is 75.6 Å². The molecule has 0 spiro atoms. The van der Waals surface area contributed by atoms with Crippen LogP contribution in [0.2, 0.25) is 0 Å². The van der Waals surface area contributed by atoms with Crippen LogP contribution in [0.4, 0.5) is 5.69 Å². The van der Waals surface area contributed by atoms with Gasteiger partial charge >= 0.3 is 189 Å². The van der Waals surface area contributed by atoms with Crippen molar-refractivity contribution in [1.82, 2.24) is 3.74 Å². The van der Waals surface area contributed by atoms with Crippen LogP contribution in [0.3, 0.4) is 0 Å². The molecule has 0 aromatic heterocycles. The van der Waals surface area contributed by atoms with Crippen molar-refractivity contribution >= 4 is 49.5 Å². The van der Waals surface area contributed by atoms with E-state index in [-0.39, 0.29) is 4.90 Å². The molecule has 1 atom stereocenters. The number of sulfonamides is 1. The summed E-state index contributed by atoms with van der Waals surface area (Å²) in [5.74, 6) is 0. The zero-order valence-electron chi connectivity index (χ0n) is 17.7. The Hall–Kier alpha value is -2.63. The van der Waals surface area contributed by atoms with Crippen molar-refractivity contribution < 1.29 is 8.42 Å². The topological polar surface area (TPSA) is 49.4 Å². The van der Waals surface area contributed by atoms with Gasteiger partial charge in [0.1, 0.15) is 0 Å². The van der Waals surface area contributed by atoms with E-state index < -0.39 is 24.1 Å². The van der Waals surface area contributed by atoms with E-state index in [2.05, 4.69) is 32.9 Å². The van der Waals surface area contributed by atoms with Crippen molar-refractivity contribution in [2.24, 2.45) is 0 Å². The molecule has 158 valence electrons. The number of hydrogen-bond donors (Lipinski definition) is 1. The fraction of sp³-hybridized carbons (Fsp3) is 0.120. The van der Waals surface area contributed by atoms with Crippen LogP contribution in [0.5, 0.6) is 0 Å². The molecule has 0 bridgehead atoms. The number of nitrogens with one attached hydrogen (secondary N) is 1. The van der Waals surface area contributed by atoms with Crippen molar-refractivity contribution in [2.45, 2.75) is 11.8 Å². The first-order valence-corrected chi connectivity index (χ1v) is 14.0. The van der Waals surface area contributed by atoms with E-state index in [1.54, 1.807) is 12.1 Å². The van der Waals surface area contributed by atoms with Gasteiger partial charge < -0.3 is 0 Å². The van der Waals surface area contributed by atoms with Gasteiger partial charge in [0.25, 0.3) is 0 Å². The van der Waals surface area contributed by atoms with Gasteiger partial charge in [-0.15, -0.1) is 0 Å². The standard InChI is InChI=1S/C25H25N2O2SSe/c1-19-15-17-21(18-16-19)30(28,29)26-31(22-11-5-4-6-12-22)24-14-8-10-20-9-7-13-23(25(20)24)27(2)3/h4-18,26H,1-3H3/q+1. The van der Waals surface area contributed by atoms with Crippen molar-refractivity contribution in [3.8, 4) is 0 Å². The summed E-state index contributed by atoms with van der Waals surface area (Å²) >= 11 is -2.16. The second-order valence-corrected chi connectivity index (χ2v) is 13.4. The first kappa shape index (κ1) is 21.6. The molecule has 6 heteroatoms. The number of nitrogens with zero attached hydrogens (tertiary/aromatic N) is 1. The SMILES string of the molecule is Cc1ccc(S(=O)(=O)N[Se+](c2ccccc2)c2cccc3cccc(N(C)C)c23)cc1. The molecule has 0 aliphatic heterocycles. The number of rotatable bonds is 6. The van der Waals surface area contributed by atoms with E-state index in [0.29, 0.717) is 0 Å². The van der Waals surface area contributed by atoms with Crippen LogP contribution in [0.1, 0.15) is 5.56 Å². The van der Waals surface area contributed by atoms with Gasteiger partial charge in [-0.05, 0) is 0 Å². The van der Waals surface area contributed by atoms with Gasteiger partial charge in [-0.25, -0.2) is 0 Å². The second kappa shape index (κ2) is 8.85. The Balaban J connectivity index is 1.91. The average molecular weight is 497 g/mol. The fourth-order valence-electron chi connectivity index (χ4n) is 3.48. The first-order valence-electron chi connectivity index (χ1n) is 9.94. The minimum atomic E-state index is -3.68. The van der Waals surface area contributed by atoms with E-state index >= 15 is 0 Å². The fourth-order valence-corrected chi connectivity index (χ4v) is 10.4. The Morgan fingerprint density at radius 2 is 1.42 bits per heavy atom. The summed E-state index contributed by atoms with van der Waals surface area (Å²) in [6.45, 7) is 1.95. The predicted molar refractivity (Wildman–Crippen MR) is 131 cm³/mol. The van der Waals surface area contributed by atoms with Gasteiger partial charge in [-0.3, -0.25) is 0 Å². The van der Waals surface area contributed by atoms with Crippen LogP contribution in [0.15, 0.2) is 95.9 Å². The zero-order valence-corrected chi connectivity index (χ0v) is 20.3. The maximum absolute atomic E-state index is 13.4. The van der Waals surface area contributed by atoms with Crippen LogP contribution >= 0.6 is 0 Å². The van der Waals surface area contributed by atoms with Gasteiger partial charge in [-0.2, -0.15) is 0 Å². The number of fused-ring (bicyclic) bond motifs is 1. The van der Waals surface area contributed by atoms with Crippen molar-refractivity contribution in [3.63, 3.8) is 0 Å². The third kappa shape index (κ3) is 4.53. The summed E-state index contributed by atoms with van der Waals surface area (Å²) < 4.78 is 31.9. The van der Waals surface area contributed by atoms with Gasteiger partial charge in [0.15, 0.2) is 0 Å². The Kier molecular flexibility index (Phi) is 6.17. The normalized spacial score (nSPS) is 12.6. The van der Waals surface area contributed by atoms with Gasteiger partial charge in [0.2, 0.25) is 0 Å². The molecule has 0 amide bonds. The summed E-state index contributed by atoms with van der Waals surface area (Å²) in [7, 11) is 0.345. The van der Waals surface area contributed by atoms with Gasteiger partial charge in [0.05, 0.1) is 0 Å². The molecular formula is C25H25N2O2SSe+. The van der Waals surface area contributed by atoms with Gasteiger partial charge in [0, 0.05) is 0 Å². The summed E-state index contributed by atoms with van der Waals surface area (Å²) in [6, 6.07) is 29.2. The molecule has 0 radical (unpaired) electrons. The third-order valence-electron chi connectivity index (χ3n) is 5.05. The molecule has 4 rings (SSSR count). The van der Waals surface area contributed by atoms with Crippen molar-refractivity contribution in [2.75, 3.05) is 19.0 Å². The molecule has 0 saturated heterocycles. The molecular weight excluding hydrogens is 471 g/mol. The third-order valence-corrected chi connectivity index (χ3v) is 12.0. The summed E-state index contributed by atoms with van der Waals surface area (Å²) in [5.41, 5.74) is 2.10. The molecule has 0 saturated carbocycles. The van der Waals surface area contributed by atoms with Crippen LogP contribution < -0.4 is 17.6 Å². The molecule has 31 heavy (non-hydrogen) atoms. The number of aryl methyl sites for hydroxylation is 1. The second-order valence-electron chi connectivity index (χ2n) is 7.54. The molecule has 4 nitrogen and oxygen atoms in total. The van der Waals surface area contributed by atoms with Crippen LogP contribution in [0.25, 0.3) is 10.8 Å². The van der Waals surface area contributed by atoms with Gasteiger partial charge in [-0.1, -0.05) is 0 Å². The van der Waals surface area contributed by atoms with Crippen molar-refractivity contribution in [3.05, 3.63) is 96.6 Å². The average Bonchev–Trinajstić information content (AvgIpc) is 2.77. The number of hydrogen-bond acceptors (Lipinski definition) is 3. The van der Waals surface area contributed by atoms with E-state index in [0.717, 1.165) is 30.9 Å². The summed E-state index contributed by atoms with van der Waals surface area (Å²) in [6.07, 6.45) is 0. The predicted octanol–water partition coefficient (Wildman–Crippen LogP) is 3.30.